The van der Waals surface area contributed by atoms with Crippen molar-refractivity contribution in [1.29, 1.82) is 0 Å². The number of nitrogen functional groups attached to an aromatic ring is 1. The molecule has 4 N–H and O–H groups in total. The first kappa shape index (κ1) is 13.2. The Morgan fingerprint density at radius 3 is 2.86 bits per heavy atom. The molecule has 3 aromatic rings. The summed E-state index contributed by atoms with van der Waals surface area (Å²) < 4.78 is 2.69. The number of nitrogens with two attached hydrogens (primary N) is 1. The van der Waals surface area contributed by atoms with Crippen LogP contribution in [-0.4, -0.2) is 44.5 Å². The highest BCUT2D eigenvalue weighted by atomic mass is 32.2. The van der Waals surface area contributed by atoms with Crippen LogP contribution in [0.5, 0.6) is 0 Å². The highest BCUT2D eigenvalue weighted by molar-refractivity contribution is 7.99. The normalized spacial score (nSPS) is 10.8. The Balaban J connectivity index is 2.00. The second-order valence-corrected chi connectivity index (χ2v) is 4.63. The topological polar surface area (TPSA) is 158 Å². The molecule has 21 heavy (non-hydrogen) atoms. The minimum Gasteiger partial charge on any atom is -0.292 e. The number of hydrogen-bond donors (Lipinski definition) is 3. The van der Waals surface area contributed by atoms with E-state index in [2.05, 4.69) is 40.7 Å². The van der Waals surface area contributed by atoms with Crippen LogP contribution < -0.4 is 17.0 Å². The second-order valence-electron chi connectivity index (χ2n) is 3.70. The maximum absolute atomic E-state index is 11.3. The average Bonchev–Trinajstić information content (AvgIpc) is 3.13. The van der Waals surface area contributed by atoms with Gasteiger partial charge in [0.1, 0.15) is 12.7 Å². The van der Waals surface area contributed by atoms with E-state index in [0.29, 0.717) is 10.3 Å². The van der Waals surface area contributed by atoms with Gasteiger partial charge in [0.15, 0.2) is 5.16 Å². The molecule has 108 valence electrons. The zero-order chi connectivity index (χ0) is 14.8. The third kappa shape index (κ3) is 2.59. The highest BCUT2D eigenvalue weighted by Crippen LogP contribution is 2.21. The summed E-state index contributed by atoms with van der Waals surface area (Å²) in [5, 5.41) is 10.8. The van der Waals surface area contributed by atoms with Crippen molar-refractivity contribution in [3.8, 4) is 5.95 Å². The molecule has 0 saturated carbocycles. The van der Waals surface area contributed by atoms with Crippen molar-refractivity contribution < 1.29 is 0 Å². The molecule has 0 aromatic carbocycles. The Morgan fingerprint density at radius 2 is 2.24 bits per heavy atom. The number of anilines is 1. The summed E-state index contributed by atoms with van der Waals surface area (Å²) in [5.74, 6) is 5.72. The fraction of sp³-hybridized carbons (Fsp3) is 0.125. The number of H-pyrrole nitrogens is 1. The van der Waals surface area contributed by atoms with Gasteiger partial charge in [-0.15, -0.1) is 5.10 Å². The van der Waals surface area contributed by atoms with Gasteiger partial charge in [0, 0.05) is 7.05 Å². The summed E-state index contributed by atoms with van der Waals surface area (Å²) in [4.78, 5) is 27.5. The second kappa shape index (κ2) is 5.29. The molecule has 0 unspecified atom stereocenters. The molecule has 3 rings (SSSR count). The molecule has 0 spiro atoms. The van der Waals surface area contributed by atoms with Crippen LogP contribution >= 0.6 is 11.8 Å². The van der Waals surface area contributed by atoms with Gasteiger partial charge in [-0.1, -0.05) is 0 Å². The van der Waals surface area contributed by atoms with E-state index < -0.39 is 0 Å². The summed E-state index contributed by atoms with van der Waals surface area (Å²) in [5.41, 5.74) is 2.01. The van der Waals surface area contributed by atoms with Crippen LogP contribution in [0, 0.1) is 0 Å². The third-order valence-corrected chi connectivity index (χ3v) is 3.29. The fourth-order valence-corrected chi connectivity index (χ4v) is 2.11. The summed E-state index contributed by atoms with van der Waals surface area (Å²) >= 11 is 1.08. The van der Waals surface area contributed by atoms with E-state index in [-0.39, 0.29) is 17.6 Å². The summed E-state index contributed by atoms with van der Waals surface area (Å²) in [6.07, 6.45) is 2.79. The van der Waals surface area contributed by atoms with Crippen molar-refractivity contribution in [2.45, 2.75) is 10.3 Å². The summed E-state index contributed by atoms with van der Waals surface area (Å²) in [6, 6.07) is 0. The third-order valence-electron chi connectivity index (χ3n) is 2.38. The van der Waals surface area contributed by atoms with Gasteiger partial charge in [-0.25, -0.2) is 20.7 Å². The van der Waals surface area contributed by atoms with E-state index in [0.717, 1.165) is 11.8 Å². The van der Waals surface area contributed by atoms with Crippen LogP contribution in [0.2, 0.25) is 0 Å². The van der Waals surface area contributed by atoms with Gasteiger partial charge in [-0.2, -0.15) is 24.7 Å². The number of aromatic amines is 1. The average molecular weight is 307 g/mol. The number of nitrogens with zero attached hydrogens (tertiary/aromatic N) is 8. The molecular weight excluding hydrogens is 298 g/mol. The van der Waals surface area contributed by atoms with Crippen LogP contribution in [0.3, 0.4) is 0 Å². The smallest absolute Gasteiger partial charge is 0.292 e. The first-order valence-electron chi connectivity index (χ1n) is 5.54. The van der Waals surface area contributed by atoms with Crippen molar-refractivity contribution in [3.63, 3.8) is 0 Å². The Morgan fingerprint density at radius 1 is 1.38 bits per heavy atom. The monoisotopic (exact) mass is 307 g/mol. The van der Waals surface area contributed by atoms with Crippen molar-refractivity contribution in [1.82, 2.24) is 44.5 Å². The van der Waals surface area contributed by atoms with Gasteiger partial charge in [-0.05, 0) is 11.8 Å². The SMILES string of the molecule is Cn1c(Sc2nc(NN)nc(-n3cncn3)n2)n[nH]c1=O. The molecule has 0 atom stereocenters. The number of aromatic nitrogens is 9. The van der Waals surface area contributed by atoms with Gasteiger partial charge in [-0.3, -0.25) is 9.99 Å². The summed E-state index contributed by atoms with van der Waals surface area (Å²) in [6.45, 7) is 0. The fourth-order valence-electron chi connectivity index (χ4n) is 1.38. The lowest BCUT2D eigenvalue weighted by Crippen LogP contribution is -2.15. The quantitative estimate of drug-likeness (QED) is 0.375. The molecule has 13 heteroatoms. The predicted molar refractivity (Wildman–Crippen MR) is 70.5 cm³/mol. The molecule has 3 heterocycles. The van der Waals surface area contributed by atoms with Gasteiger partial charge >= 0.3 is 5.69 Å². The summed E-state index contributed by atoms with van der Waals surface area (Å²) in [7, 11) is 1.58. The Labute approximate surface area is 120 Å². The molecule has 12 nitrogen and oxygen atoms in total. The first-order chi connectivity index (χ1) is 10.2. The Hall–Kier alpha value is -2.80. The van der Waals surface area contributed by atoms with Crippen LogP contribution in [-0.2, 0) is 7.05 Å². The number of hydrogen-bond acceptors (Lipinski definition) is 10. The molecule has 0 aliphatic heterocycles. The van der Waals surface area contributed by atoms with E-state index >= 15 is 0 Å². The molecule has 0 aliphatic rings. The predicted octanol–water partition coefficient (Wildman–Crippen LogP) is -1.69. The standard InChI is InChI=1S/C8H9N11OS/c1-18-7(20)16-17-8(18)21-6-13-4(15-9)12-5(14-6)19-3-10-2-11-19/h2-3H,9H2,1H3,(H,16,20)(H,12,13,14,15). The lowest BCUT2D eigenvalue weighted by molar-refractivity contribution is 0.744. The van der Waals surface area contributed by atoms with Gasteiger partial charge < -0.3 is 0 Å². The molecular formula is C8H9N11OS. The lowest BCUT2D eigenvalue weighted by Gasteiger charge is -2.05. The molecule has 0 saturated heterocycles. The van der Waals surface area contributed by atoms with Crippen LogP contribution in [0.4, 0.5) is 5.95 Å². The highest BCUT2D eigenvalue weighted by Gasteiger charge is 2.13. The van der Waals surface area contributed by atoms with Gasteiger partial charge in [0.05, 0.1) is 0 Å². The molecule has 0 bridgehead atoms. The van der Waals surface area contributed by atoms with Crippen molar-refractivity contribution in [2.24, 2.45) is 12.9 Å². The van der Waals surface area contributed by atoms with E-state index in [1.54, 1.807) is 7.05 Å². The lowest BCUT2D eigenvalue weighted by atomic mass is 10.8. The van der Waals surface area contributed by atoms with Gasteiger partial charge in [0.25, 0.3) is 5.95 Å². The Bertz CT molecular complexity index is 806. The van der Waals surface area contributed by atoms with Crippen LogP contribution in [0.15, 0.2) is 27.8 Å². The van der Waals surface area contributed by atoms with E-state index in [1.165, 1.54) is 21.9 Å². The first-order valence-corrected chi connectivity index (χ1v) is 6.36. The van der Waals surface area contributed by atoms with E-state index in [4.69, 9.17) is 5.84 Å². The molecule has 0 amide bonds. The van der Waals surface area contributed by atoms with Crippen molar-refractivity contribution >= 4 is 17.7 Å². The molecule has 0 aliphatic carbocycles. The van der Waals surface area contributed by atoms with Crippen molar-refractivity contribution in [3.05, 3.63) is 23.1 Å². The van der Waals surface area contributed by atoms with E-state index in [1.807, 2.05) is 0 Å². The van der Waals surface area contributed by atoms with E-state index in [9.17, 15) is 4.79 Å². The maximum Gasteiger partial charge on any atom is 0.343 e. The zero-order valence-corrected chi connectivity index (χ0v) is 11.4. The minimum atomic E-state index is -0.333. The minimum absolute atomic E-state index is 0.151. The molecule has 0 radical (unpaired) electrons. The zero-order valence-electron chi connectivity index (χ0n) is 10.6. The molecule has 3 aromatic heterocycles. The number of rotatable bonds is 4. The molecule has 0 fully saturated rings. The van der Waals surface area contributed by atoms with Crippen LogP contribution in [0.1, 0.15) is 0 Å². The van der Waals surface area contributed by atoms with Gasteiger partial charge in [0.2, 0.25) is 11.1 Å². The Kier molecular flexibility index (Phi) is 3.33. The largest absolute Gasteiger partial charge is 0.343 e. The maximum atomic E-state index is 11.3. The van der Waals surface area contributed by atoms with Crippen molar-refractivity contribution in [2.75, 3.05) is 5.43 Å². The number of nitrogens with one attached hydrogen (secondary N) is 2. The van der Waals surface area contributed by atoms with Crippen LogP contribution in [0.25, 0.3) is 5.95 Å². The number of hydrazine groups is 1.